The van der Waals surface area contributed by atoms with Crippen molar-refractivity contribution in [1.29, 1.82) is 0 Å². The van der Waals surface area contributed by atoms with Gasteiger partial charge in [-0.2, -0.15) is 0 Å². The van der Waals surface area contributed by atoms with E-state index >= 15 is 0 Å². The van der Waals surface area contributed by atoms with Gasteiger partial charge in [0.25, 0.3) is 0 Å². The summed E-state index contributed by atoms with van der Waals surface area (Å²) in [5.74, 6) is 0.706. The Morgan fingerprint density at radius 3 is 2.69 bits per heavy atom. The Morgan fingerprint density at radius 2 is 1.91 bits per heavy atom. The van der Waals surface area contributed by atoms with Crippen molar-refractivity contribution in [3.8, 4) is 0 Å². The summed E-state index contributed by atoms with van der Waals surface area (Å²) in [7, 11) is 0. The maximum absolute atomic E-state index is 13.2. The van der Waals surface area contributed by atoms with Crippen molar-refractivity contribution in [3.05, 3.63) is 54.3 Å². The Kier molecular flexibility index (Phi) is 8.50. The molecule has 4 rings (SSSR count). The van der Waals surface area contributed by atoms with Crippen LogP contribution in [-0.2, 0) is 9.53 Å². The van der Waals surface area contributed by atoms with E-state index < -0.39 is 0 Å². The Hall–Kier alpha value is -2.00. The third-order valence-corrected chi connectivity index (χ3v) is 7.55. The van der Waals surface area contributed by atoms with E-state index in [1.54, 1.807) is 35.2 Å². The summed E-state index contributed by atoms with van der Waals surface area (Å²) in [4.78, 5) is 23.2. The third kappa shape index (κ3) is 6.51. The summed E-state index contributed by atoms with van der Waals surface area (Å²) in [6, 6.07) is 14.5. The topological polar surface area (TPSA) is 45.7 Å². The third-order valence-electron chi connectivity index (χ3n) is 5.39. The number of amides is 1. The van der Waals surface area contributed by atoms with Crippen LogP contribution in [0.15, 0.2) is 53.4 Å². The maximum Gasteiger partial charge on any atom is 0.228 e. The predicted molar refractivity (Wildman–Crippen MR) is 130 cm³/mol. The largest absolute Gasteiger partial charge is 0.379 e. The average Bonchev–Trinajstić information content (AvgIpc) is 3.25. The zero-order chi connectivity index (χ0) is 22.2. The van der Waals surface area contributed by atoms with Crippen LogP contribution in [0.1, 0.15) is 19.3 Å². The minimum absolute atomic E-state index is 0.116. The first-order chi connectivity index (χ1) is 15.7. The highest BCUT2D eigenvalue weighted by Gasteiger charge is 2.20. The summed E-state index contributed by atoms with van der Waals surface area (Å²) in [5.41, 5.74) is 0.936. The van der Waals surface area contributed by atoms with Gasteiger partial charge in [-0.15, -0.1) is 11.8 Å². The minimum Gasteiger partial charge on any atom is -0.379 e. The Bertz CT molecular complexity index is 973. The van der Waals surface area contributed by atoms with Gasteiger partial charge in [0.15, 0.2) is 5.13 Å². The normalized spacial score (nSPS) is 14.7. The first kappa shape index (κ1) is 23.2. The summed E-state index contributed by atoms with van der Waals surface area (Å²) in [5, 5.41) is 0.782. The SMILES string of the molecule is O=C(CCCSc1ccc(F)cc1)N(CCCN1CCOCC1)c1nc2ccccc2s1. The molecule has 1 amide bonds. The summed E-state index contributed by atoms with van der Waals surface area (Å²) in [6.07, 6.45) is 2.15. The van der Waals surface area contributed by atoms with Gasteiger partial charge in [0.1, 0.15) is 5.82 Å². The zero-order valence-corrected chi connectivity index (χ0v) is 19.7. The van der Waals surface area contributed by atoms with Crippen LogP contribution in [0.5, 0.6) is 0 Å². The molecule has 0 unspecified atom stereocenters. The number of para-hydroxylation sites is 1. The van der Waals surface area contributed by atoms with Gasteiger partial charge in [0.05, 0.1) is 23.4 Å². The number of fused-ring (bicyclic) bond motifs is 1. The molecule has 0 radical (unpaired) electrons. The number of morpholine rings is 1. The lowest BCUT2D eigenvalue weighted by Gasteiger charge is -2.27. The van der Waals surface area contributed by atoms with Crippen molar-refractivity contribution in [2.45, 2.75) is 24.2 Å². The van der Waals surface area contributed by atoms with Gasteiger partial charge >= 0.3 is 0 Å². The second-order valence-corrected chi connectivity index (χ2v) is 9.90. The lowest BCUT2D eigenvalue weighted by Crippen LogP contribution is -2.39. The predicted octanol–water partition coefficient (Wildman–Crippen LogP) is 5.06. The number of thiazole rings is 1. The number of hydrogen-bond acceptors (Lipinski definition) is 6. The molecule has 1 fully saturated rings. The first-order valence-corrected chi connectivity index (χ1v) is 12.8. The molecule has 0 saturated carbocycles. The molecule has 2 aromatic carbocycles. The van der Waals surface area contributed by atoms with Gasteiger partial charge in [-0.25, -0.2) is 9.37 Å². The quantitative estimate of drug-likeness (QED) is 0.304. The summed E-state index contributed by atoms with van der Waals surface area (Å²) >= 11 is 3.23. The monoisotopic (exact) mass is 473 g/mol. The fourth-order valence-electron chi connectivity index (χ4n) is 3.66. The standard InChI is InChI=1S/C24H28FN3O2S2/c25-19-8-10-20(11-9-19)31-18-3-7-23(29)28(13-4-12-27-14-16-30-17-15-27)24-26-21-5-1-2-6-22(21)32-24/h1-2,5-6,8-11H,3-4,7,12-18H2. The van der Waals surface area contributed by atoms with E-state index in [1.165, 1.54) is 12.1 Å². The highest BCUT2D eigenvalue weighted by atomic mass is 32.2. The second kappa shape index (κ2) is 11.7. The number of rotatable bonds is 10. The molecule has 1 aliphatic heterocycles. The average molecular weight is 474 g/mol. The number of halogens is 1. The number of hydrogen-bond donors (Lipinski definition) is 0. The van der Waals surface area contributed by atoms with Crippen LogP contribution in [0.25, 0.3) is 10.2 Å². The molecule has 0 atom stereocenters. The smallest absolute Gasteiger partial charge is 0.228 e. The van der Waals surface area contributed by atoms with E-state index in [0.717, 1.165) is 71.7 Å². The molecule has 1 aliphatic rings. The molecule has 0 N–H and O–H groups in total. The number of carbonyl (C=O) groups is 1. The first-order valence-electron chi connectivity index (χ1n) is 11.0. The Labute approximate surface area is 196 Å². The van der Waals surface area contributed by atoms with Crippen molar-refractivity contribution in [2.24, 2.45) is 0 Å². The van der Waals surface area contributed by atoms with Crippen LogP contribution in [0, 0.1) is 5.82 Å². The second-order valence-electron chi connectivity index (χ2n) is 7.72. The fraction of sp³-hybridized carbons (Fsp3) is 0.417. The molecule has 1 saturated heterocycles. The molecular formula is C24H28FN3O2S2. The molecule has 0 aliphatic carbocycles. The Morgan fingerprint density at radius 1 is 1.12 bits per heavy atom. The van der Waals surface area contributed by atoms with E-state index in [-0.39, 0.29) is 11.7 Å². The summed E-state index contributed by atoms with van der Waals surface area (Å²) in [6.45, 7) is 5.10. The minimum atomic E-state index is -0.229. The molecular weight excluding hydrogens is 445 g/mol. The van der Waals surface area contributed by atoms with Gasteiger partial charge in [-0.1, -0.05) is 23.5 Å². The molecule has 1 aromatic heterocycles. The lowest BCUT2D eigenvalue weighted by atomic mass is 10.2. The Balaban J connectivity index is 1.34. The number of carbonyl (C=O) groups excluding carboxylic acids is 1. The van der Waals surface area contributed by atoms with Crippen molar-refractivity contribution < 1.29 is 13.9 Å². The van der Waals surface area contributed by atoms with Crippen LogP contribution >= 0.6 is 23.1 Å². The summed E-state index contributed by atoms with van der Waals surface area (Å²) < 4.78 is 19.6. The fourth-order valence-corrected chi connectivity index (χ4v) is 5.52. The van der Waals surface area contributed by atoms with E-state index in [4.69, 9.17) is 9.72 Å². The van der Waals surface area contributed by atoms with Crippen LogP contribution in [0.2, 0.25) is 0 Å². The molecule has 8 heteroatoms. The lowest BCUT2D eigenvalue weighted by molar-refractivity contribution is -0.118. The number of thioether (sulfide) groups is 1. The van der Waals surface area contributed by atoms with E-state index in [2.05, 4.69) is 4.90 Å². The van der Waals surface area contributed by atoms with Gasteiger partial charge in [-0.05, 0) is 55.0 Å². The highest BCUT2D eigenvalue weighted by Crippen LogP contribution is 2.29. The van der Waals surface area contributed by atoms with Crippen molar-refractivity contribution in [3.63, 3.8) is 0 Å². The van der Waals surface area contributed by atoms with Crippen LogP contribution < -0.4 is 4.90 Å². The van der Waals surface area contributed by atoms with Crippen molar-refractivity contribution >= 4 is 44.4 Å². The number of benzene rings is 2. The van der Waals surface area contributed by atoms with Crippen molar-refractivity contribution in [2.75, 3.05) is 50.0 Å². The van der Waals surface area contributed by atoms with Gasteiger partial charge in [0, 0.05) is 37.5 Å². The number of aromatic nitrogens is 1. The molecule has 0 spiro atoms. The van der Waals surface area contributed by atoms with Crippen molar-refractivity contribution in [1.82, 2.24) is 9.88 Å². The van der Waals surface area contributed by atoms with E-state index in [0.29, 0.717) is 13.0 Å². The van der Waals surface area contributed by atoms with Gasteiger partial charge < -0.3 is 4.74 Å². The molecule has 5 nitrogen and oxygen atoms in total. The molecule has 2 heterocycles. The molecule has 3 aromatic rings. The van der Waals surface area contributed by atoms with Crippen LogP contribution in [0.3, 0.4) is 0 Å². The number of ether oxygens (including phenoxy) is 1. The van der Waals surface area contributed by atoms with Gasteiger partial charge in [0.2, 0.25) is 5.91 Å². The van der Waals surface area contributed by atoms with Gasteiger partial charge in [-0.3, -0.25) is 14.6 Å². The van der Waals surface area contributed by atoms with Crippen LogP contribution in [-0.4, -0.2) is 60.9 Å². The molecule has 170 valence electrons. The van der Waals surface area contributed by atoms with Crippen LogP contribution in [0.4, 0.5) is 9.52 Å². The maximum atomic E-state index is 13.2. The molecule has 0 bridgehead atoms. The van der Waals surface area contributed by atoms with E-state index in [9.17, 15) is 9.18 Å². The number of anilines is 1. The van der Waals surface area contributed by atoms with E-state index in [1.807, 2.05) is 29.2 Å². The molecule has 32 heavy (non-hydrogen) atoms. The zero-order valence-electron chi connectivity index (χ0n) is 18.0. The highest BCUT2D eigenvalue weighted by molar-refractivity contribution is 7.99. The number of nitrogens with zero attached hydrogens (tertiary/aromatic N) is 3.